The number of sulfonamides is 1. The van der Waals surface area contributed by atoms with Gasteiger partial charge in [0.15, 0.2) is 0 Å². The first-order valence-corrected chi connectivity index (χ1v) is 10.0. The number of carbonyl (C=O) groups excluding carboxylic acids is 1. The lowest BCUT2D eigenvalue weighted by atomic mass is 10.2. The second-order valence-corrected chi connectivity index (χ2v) is 8.41. The summed E-state index contributed by atoms with van der Waals surface area (Å²) >= 11 is 5.97. The van der Waals surface area contributed by atoms with Crippen molar-refractivity contribution in [3.05, 3.63) is 34.6 Å². The third-order valence-corrected chi connectivity index (χ3v) is 6.34. The molecule has 0 atom stereocenters. The first-order chi connectivity index (χ1) is 13.1. The van der Waals surface area contributed by atoms with Crippen molar-refractivity contribution in [3.8, 4) is 0 Å². The van der Waals surface area contributed by atoms with Gasteiger partial charge in [-0.3, -0.25) is 15.2 Å². The van der Waals surface area contributed by atoms with Gasteiger partial charge in [0.25, 0.3) is 5.91 Å². The van der Waals surface area contributed by atoms with Crippen LogP contribution in [0.3, 0.4) is 0 Å². The summed E-state index contributed by atoms with van der Waals surface area (Å²) in [6.45, 7) is 0.758. The minimum absolute atomic E-state index is 0.0679. The lowest BCUT2D eigenvalue weighted by molar-refractivity contribution is -0.144. The molecule has 13 heteroatoms. The maximum atomic E-state index is 12.7. The number of anilines is 1. The van der Waals surface area contributed by atoms with Crippen LogP contribution in [0, 0.1) is 0 Å². The van der Waals surface area contributed by atoms with Crippen LogP contribution < -0.4 is 5.32 Å². The predicted octanol–water partition coefficient (Wildman–Crippen LogP) is 2.90. The Morgan fingerprint density at radius 2 is 1.89 bits per heavy atom. The molecule has 28 heavy (non-hydrogen) atoms. The Labute approximate surface area is 163 Å². The molecule has 0 spiro atoms. The third kappa shape index (κ3) is 4.28. The highest BCUT2D eigenvalue weighted by atomic mass is 35.5. The molecule has 0 aliphatic carbocycles. The average molecular weight is 438 g/mol. The molecule has 1 aromatic heterocycles. The Morgan fingerprint density at radius 1 is 1.21 bits per heavy atom. The van der Waals surface area contributed by atoms with Crippen molar-refractivity contribution in [1.82, 2.24) is 19.5 Å². The number of rotatable bonds is 4. The predicted molar refractivity (Wildman–Crippen MR) is 93.4 cm³/mol. The molecule has 152 valence electrons. The molecule has 0 saturated carbocycles. The van der Waals surface area contributed by atoms with Crippen LogP contribution in [-0.4, -0.2) is 46.9 Å². The van der Waals surface area contributed by atoms with Gasteiger partial charge in [0.1, 0.15) is 0 Å². The first-order valence-electron chi connectivity index (χ1n) is 8.20. The number of hydrogen-bond acceptors (Lipinski definition) is 5. The van der Waals surface area contributed by atoms with Crippen LogP contribution in [0.4, 0.5) is 19.1 Å². The molecule has 1 saturated heterocycles. The fourth-order valence-corrected chi connectivity index (χ4v) is 4.45. The van der Waals surface area contributed by atoms with Crippen molar-refractivity contribution in [2.45, 2.75) is 30.3 Å². The molecule has 0 bridgehead atoms. The van der Waals surface area contributed by atoms with E-state index in [0.717, 1.165) is 25.3 Å². The zero-order valence-electron chi connectivity index (χ0n) is 14.3. The fourth-order valence-electron chi connectivity index (χ4n) is 2.71. The van der Waals surface area contributed by atoms with E-state index in [4.69, 9.17) is 11.6 Å². The van der Waals surface area contributed by atoms with Crippen LogP contribution in [0.2, 0.25) is 5.02 Å². The molecule has 2 heterocycles. The number of aromatic amines is 1. The van der Waals surface area contributed by atoms with Gasteiger partial charge in [0.05, 0.1) is 15.5 Å². The maximum absolute atomic E-state index is 12.7. The summed E-state index contributed by atoms with van der Waals surface area (Å²) in [5.41, 5.74) is -0.224. The van der Waals surface area contributed by atoms with E-state index in [1.54, 1.807) is 5.10 Å². The summed E-state index contributed by atoms with van der Waals surface area (Å²) in [5.74, 6) is -2.93. The van der Waals surface area contributed by atoms with Crippen molar-refractivity contribution in [1.29, 1.82) is 0 Å². The van der Waals surface area contributed by atoms with Gasteiger partial charge in [-0.1, -0.05) is 18.0 Å². The minimum atomic E-state index is -4.75. The quantitative estimate of drug-likeness (QED) is 0.764. The molecule has 8 nitrogen and oxygen atoms in total. The van der Waals surface area contributed by atoms with Gasteiger partial charge in [0.2, 0.25) is 21.8 Å². The molecule has 1 aliphatic rings. The molecule has 2 N–H and O–H groups in total. The van der Waals surface area contributed by atoms with Crippen molar-refractivity contribution in [3.63, 3.8) is 0 Å². The SMILES string of the molecule is O=C(Nc1n[nH]c(C(F)(F)F)n1)c1cc(S(=O)(=O)N2CCCCC2)ccc1Cl. The molecule has 2 aromatic rings. The Balaban J connectivity index is 1.85. The van der Waals surface area contributed by atoms with E-state index in [1.165, 1.54) is 16.4 Å². The Bertz CT molecular complexity index is 987. The van der Waals surface area contributed by atoms with Gasteiger partial charge in [-0.05, 0) is 31.0 Å². The van der Waals surface area contributed by atoms with E-state index in [0.29, 0.717) is 13.1 Å². The van der Waals surface area contributed by atoms with Crippen LogP contribution in [0.5, 0.6) is 0 Å². The maximum Gasteiger partial charge on any atom is 0.451 e. The zero-order chi connectivity index (χ0) is 20.5. The molecule has 1 amide bonds. The van der Waals surface area contributed by atoms with Crippen molar-refractivity contribution < 1.29 is 26.4 Å². The number of hydrogen-bond donors (Lipinski definition) is 2. The first kappa shape index (κ1) is 20.6. The molecule has 0 radical (unpaired) electrons. The van der Waals surface area contributed by atoms with E-state index in [1.807, 2.05) is 0 Å². The summed E-state index contributed by atoms with van der Waals surface area (Å²) in [6.07, 6.45) is -2.33. The minimum Gasteiger partial charge on any atom is -0.289 e. The Kier molecular flexibility index (Phi) is 5.64. The monoisotopic (exact) mass is 437 g/mol. The number of amides is 1. The summed E-state index contributed by atoms with van der Waals surface area (Å²) in [5, 5.41) is 6.92. The van der Waals surface area contributed by atoms with E-state index in [9.17, 15) is 26.4 Å². The van der Waals surface area contributed by atoms with Gasteiger partial charge < -0.3 is 0 Å². The van der Waals surface area contributed by atoms with Crippen molar-refractivity contribution in [2.75, 3.05) is 18.4 Å². The van der Waals surface area contributed by atoms with Crippen LogP contribution in [0.25, 0.3) is 0 Å². The number of nitrogens with zero attached hydrogens (tertiary/aromatic N) is 3. The summed E-state index contributed by atoms with van der Waals surface area (Å²) in [7, 11) is -3.81. The largest absolute Gasteiger partial charge is 0.451 e. The van der Waals surface area contributed by atoms with E-state index >= 15 is 0 Å². The number of alkyl halides is 3. The Morgan fingerprint density at radius 3 is 2.50 bits per heavy atom. The summed E-state index contributed by atoms with van der Waals surface area (Å²) in [6, 6.07) is 3.60. The van der Waals surface area contributed by atoms with Crippen LogP contribution in [0.15, 0.2) is 23.1 Å². The average Bonchev–Trinajstić information content (AvgIpc) is 3.11. The van der Waals surface area contributed by atoms with Crippen molar-refractivity contribution >= 4 is 33.5 Å². The highest BCUT2D eigenvalue weighted by Gasteiger charge is 2.35. The van der Waals surface area contributed by atoms with Crippen molar-refractivity contribution in [2.24, 2.45) is 0 Å². The van der Waals surface area contributed by atoms with Gasteiger partial charge in [-0.15, -0.1) is 5.10 Å². The van der Waals surface area contributed by atoms with Gasteiger partial charge in [-0.25, -0.2) is 8.42 Å². The van der Waals surface area contributed by atoms with Gasteiger partial charge in [-0.2, -0.15) is 22.5 Å². The molecule has 0 unspecified atom stereocenters. The lowest BCUT2D eigenvalue weighted by Gasteiger charge is -2.26. The summed E-state index contributed by atoms with van der Waals surface area (Å²) < 4.78 is 64.5. The molecular weight excluding hydrogens is 423 g/mol. The molecule has 1 aromatic carbocycles. The molecule has 1 fully saturated rings. The number of piperidine rings is 1. The van der Waals surface area contributed by atoms with Gasteiger partial charge >= 0.3 is 6.18 Å². The van der Waals surface area contributed by atoms with E-state index in [-0.39, 0.29) is 15.5 Å². The second-order valence-electron chi connectivity index (χ2n) is 6.07. The molecule has 3 rings (SSSR count). The fraction of sp³-hybridized carbons (Fsp3) is 0.400. The number of carbonyl (C=O) groups is 1. The zero-order valence-corrected chi connectivity index (χ0v) is 15.8. The van der Waals surface area contributed by atoms with E-state index < -0.39 is 33.9 Å². The normalized spacial score (nSPS) is 16.1. The highest BCUT2D eigenvalue weighted by Crippen LogP contribution is 2.27. The Hall–Kier alpha value is -2.18. The summed E-state index contributed by atoms with van der Waals surface area (Å²) in [4.78, 5) is 15.4. The van der Waals surface area contributed by atoms with Crippen LogP contribution in [-0.2, 0) is 16.2 Å². The number of nitrogens with one attached hydrogen (secondary N) is 2. The van der Waals surface area contributed by atoms with Gasteiger partial charge in [0, 0.05) is 13.1 Å². The molecule has 1 aliphatic heterocycles. The number of halogens is 4. The topological polar surface area (TPSA) is 108 Å². The second kappa shape index (κ2) is 7.68. The van der Waals surface area contributed by atoms with Crippen LogP contribution >= 0.6 is 11.6 Å². The number of H-pyrrole nitrogens is 1. The lowest BCUT2D eigenvalue weighted by Crippen LogP contribution is -2.35. The standard InChI is InChI=1S/C15H15ClF3N5O3S/c16-11-5-4-9(28(26,27)24-6-2-1-3-7-24)8-10(11)12(25)20-14-21-13(22-23-14)15(17,18)19/h4-5,8H,1-3,6-7H2,(H2,20,21,22,23,25). The number of benzene rings is 1. The van der Waals surface area contributed by atoms with Crippen LogP contribution in [0.1, 0.15) is 35.4 Å². The highest BCUT2D eigenvalue weighted by molar-refractivity contribution is 7.89. The smallest absolute Gasteiger partial charge is 0.289 e. The third-order valence-electron chi connectivity index (χ3n) is 4.11. The molecular formula is C15H15ClF3N5O3S. The van der Waals surface area contributed by atoms with E-state index in [2.05, 4.69) is 15.4 Å². The number of aromatic nitrogens is 3.